The van der Waals surface area contributed by atoms with Crippen LogP contribution in [0, 0.1) is 0 Å². The van der Waals surface area contributed by atoms with E-state index in [1.165, 1.54) is 5.39 Å². The minimum Gasteiger partial charge on any atom is -0.508 e. The van der Waals surface area contributed by atoms with Gasteiger partial charge in [-0.3, -0.25) is 4.79 Å². The number of fused-ring (bicyclic) bond motifs is 1. The fourth-order valence-electron chi connectivity index (χ4n) is 2.28. The minimum atomic E-state index is -0.0732. The lowest BCUT2D eigenvalue weighted by molar-refractivity contribution is -0.115. The topological polar surface area (TPSA) is 49.3 Å². The zero-order valence-electron chi connectivity index (χ0n) is 11.4. The van der Waals surface area contributed by atoms with Crippen LogP contribution in [0.5, 0.6) is 5.75 Å². The number of carbonyl (C=O) groups is 1. The highest BCUT2D eigenvalue weighted by Gasteiger charge is 2.05. The number of hydrogen-bond donors (Lipinski definition) is 2. The van der Waals surface area contributed by atoms with Crippen LogP contribution < -0.4 is 5.32 Å². The molecule has 21 heavy (non-hydrogen) atoms. The van der Waals surface area contributed by atoms with Gasteiger partial charge in [0.25, 0.3) is 0 Å². The van der Waals surface area contributed by atoms with Crippen LogP contribution in [-0.2, 0) is 11.2 Å². The molecule has 0 aliphatic carbocycles. The zero-order chi connectivity index (χ0) is 14.7. The van der Waals surface area contributed by atoms with E-state index in [9.17, 15) is 9.90 Å². The van der Waals surface area contributed by atoms with Gasteiger partial charge < -0.3 is 10.4 Å². The summed E-state index contributed by atoms with van der Waals surface area (Å²) >= 11 is 0. The van der Waals surface area contributed by atoms with E-state index < -0.39 is 0 Å². The Morgan fingerprint density at radius 3 is 2.38 bits per heavy atom. The second-order valence-corrected chi connectivity index (χ2v) is 4.95. The molecule has 0 saturated carbocycles. The van der Waals surface area contributed by atoms with Crippen molar-refractivity contribution >= 4 is 22.4 Å². The molecule has 1 amide bonds. The third-order valence-corrected chi connectivity index (χ3v) is 3.33. The minimum absolute atomic E-state index is 0.0732. The Hall–Kier alpha value is -2.81. The molecular formula is C18H15NO2. The van der Waals surface area contributed by atoms with Gasteiger partial charge in [0.05, 0.1) is 6.42 Å². The molecule has 0 aliphatic rings. The van der Waals surface area contributed by atoms with Gasteiger partial charge in [0, 0.05) is 5.69 Å². The molecule has 0 unspecified atom stereocenters. The third kappa shape index (κ3) is 3.20. The Bertz CT molecular complexity index is 779. The van der Waals surface area contributed by atoms with Crippen molar-refractivity contribution in [1.29, 1.82) is 0 Å². The molecule has 3 nitrogen and oxygen atoms in total. The summed E-state index contributed by atoms with van der Waals surface area (Å²) in [5.74, 6) is 0.110. The summed E-state index contributed by atoms with van der Waals surface area (Å²) < 4.78 is 0. The van der Waals surface area contributed by atoms with Crippen LogP contribution >= 0.6 is 0 Å². The zero-order valence-corrected chi connectivity index (χ0v) is 11.4. The van der Waals surface area contributed by atoms with E-state index in [1.807, 2.05) is 36.4 Å². The Morgan fingerprint density at radius 1 is 0.905 bits per heavy atom. The largest absolute Gasteiger partial charge is 0.508 e. The van der Waals surface area contributed by atoms with Gasteiger partial charge in [0.2, 0.25) is 5.91 Å². The molecule has 3 aromatic carbocycles. The lowest BCUT2D eigenvalue weighted by Crippen LogP contribution is -2.14. The molecule has 0 saturated heterocycles. The summed E-state index contributed by atoms with van der Waals surface area (Å²) in [5, 5.41) is 14.3. The van der Waals surface area contributed by atoms with Gasteiger partial charge >= 0.3 is 0 Å². The van der Waals surface area contributed by atoms with E-state index in [0.29, 0.717) is 12.1 Å². The predicted octanol–water partition coefficient (Wildman–Crippen LogP) is 3.73. The van der Waals surface area contributed by atoms with Gasteiger partial charge in [-0.05, 0) is 40.6 Å². The number of nitrogens with one attached hydrogen (secondary N) is 1. The quantitative estimate of drug-likeness (QED) is 0.717. The maximum absolute atomic E-state index is 12.0. The lowest BCUT2D eigenvalue weighted by atomic mass is 10.0. The van der Waals surface area contributed by atoms with Crippen LogP contribution in [-0.4, -0.2) is 11.0 Å². The van der Waals surface area contributed by atoms with Crippen molar-refractivity contribution < 1.29 is 9.90 Å². The fraction of sp³-hybridized carbons (Fsp3) is 0.0556. The van der Waals surface area contributed by atoms with Gasteiger partial charge in [-0.1, -0.05) is 42.5 Å². The SMILES string of the molecule is O=C(Cc1ccc2ccccc2c1)Nc1ccc(O)cc1. The molecule has 0 aromatic heterocycles. The van der Waals surface area contributed by atoms with Crippen molar-refractivity contribution in [3.63, 3.8) is 0 Å². The Balaban J connectivity index is 1.72. The first kappa shape index (κ1) is 13.2. The summed E-state index contributed by atoms with van der Waals surface area (Å²) in [7, 11) is 0. The number of benzene rings is 3. The first-order chi connectivity index (χ1) is 10.2. The molecule has 3 aromatic rings. The average molecular weight is 277 g/mol. The van der Waals surface area contributed by atoms with Gasteiger partial charge in [0.1, 0.15) is 5.75 Å². The monoisotopic (exact) mass is 277 g/mol. The number of anilines is 1. The number of hydrogen-bond acceptors (Lipinski definition) is 2. The molecular weight excluding hydrogens is 262 g/mol. The van der Waals surface area contributed by atoms with Crippen LogP contribution in [0.15, 0.2) is 66.7 Å². The summed E-state index contributed by atoms with van der Waals surface area (Å²) in [6.45, 7) is 0. The van der Waals surface area contributed by atoms with Crippen molar-refractivity contribution in [3.8, 4) is 5.75 Å². The highest BCUT2D eigenvalue weighted by Crippen LogP contribution is 2.17. The van der Waals surface area contributed by atoms with E-state index in [2.05, 4.69) is 11.4 Å². The first-order valence-electron chi connectivity index (χ1n) is 6.77. The standard InChI is InChI=1S/C18H15NO2/c20-17-9-7-16(8-10-17)19-18(21)12-13-5-6-14-3-1-2-4-15(14)11-13/h1-11,20H,12H2,(H,19,21). The maximum atomic E-state index is 12.0. The molecule has 104 valence electrons. The molecule has 2 N–H and O–H groups in total. The van der Waals surface area contributed by atoms with Crippen molar-refractivity contribution in [2.75, 3.05) is 5.32 Å². The van der Waals surface area contributed by atoms with E-state index in [0.717, 1.165) is 10.9 Å². The molecule has 0 atom stereocenters. The average Bonchev–Trinajstić information content (AvgIpc) is 2.49. The van der Waals surface area contributed by atoms with Crippen LogP contribution in [0.4, 0.5) is 5.69 Å². The third-order valence-electron chi connectivity index (χ3n) is 3.33. The van der Waals surface area contributed by atoms with Crippen LogP contribution in [0.25, 0.3) is 10.8 Å². The molecule has 0 aliphatic heterocycles. The molecule has 0 spiro atoms. The van der Waals surface area contributed by atoms with E-state index in [-0.39, 0.29) is 11.7 Å². The lowest BCUT2D eigenvalue weighted by Gasteiger charge is -2.06. The fourth-order valence-corrected chi connectivity index (χ4v) is 2.28. The van der Waals surface area contributed by atoms with Crippen LogP contribution in [0.3, 0.4) is 0 Å². The van der Waals surface area contributed by atoms with Gasteiger partial charge in [-0.2, -0.15) is 0 Å². The number of rotatable bonds is 3. The molecule has 3 rings (SSSR count). The number of phenolic OH excluding ortho intramolecular Hbond substituents is 1. The summed E-state index contributed by atoms with van der Waals surface area (Å²) in [4.78, 5) is 12.0. The summed E-state index contributed by atoms with van der Waals surface area (Å²) in [5.41, 5.74) is 1.66. The molecule has 0 radical (unpaired) electrons. The molecule has 0 fully saturated rings. The number of phenols is 1. The van der Waals surface area contributed by atoms with Crippen LogP contribution in [0.1, 0.15) is 5.56 Å². The highest BCUT2D eigenvalue weighted by atomic mass is 16.3. The van der Waals surface area contributed by atoms with Crippen molar-refractivity contribution in [1.82, 2.24) is 0 Å². The summed E-state index contributed by atoms with van der Waals surface area (Å²) in [6.07, 6.45) is 0.325. The Morgan fingerprint density at radius 2 is 1.62 bits per heavy atom. The number of amides is 1. The Labute approximate surface area is 122 Å². The number of aromatic hydroxyl groups is 1. The van der Waals surface area contributed by atoms with E-state index >= 15 is 0 Å². The Kier molecular flexibility index (Phi) is 3.56. The smallest absolute Gasteiger partial charge is 0.228 e. The van der Waals surface area contributed by atoms with Crippen molar-refractivity contribution in [2.24, 2.45) is 0 Å². The van der Waals surface area contributed by atoms with Gasteiger partial charge in [-0.25, -0.2) is 0 Å². The van der Waals surface area contributed by atoms with Crippen molar-refractivity contribution in [2.45, 2.75) is 6.42 Å². The van der Waals surface area contributed by atoms with Crippen LogP contribution in [0.2, 0.25) is 0 Å². The van der Waals surface area contributed by atoms with E-state index in [1.54, 1.807) is 24.3 Å². The van der Waals surface area contributed by atoms with Gasteiger partial charge in [0.15, 0.2) is 0 Å². The molecule has 0 heterocycles. The normalized spacial score (nSPS) is 10.5. The predicted molar refractivity (Wildman–Crippen MR) is 84.4 cm³/mol. The van der Waals surface area contributed by atoms with Gasteiger partial charge in [-0.15, -0.1) is 0 Å². The summed E-state index contributed by atoms with van der Waals surface area (Å²) in [6, 6.07) is 20.6. The van der Waals surface area contributed by atoms with Crippen molar-refractivity contribution in [3.05, 3.63) is 72.3 Å². The maximum Gasteiger partial charge on any atom is 0.228 e. The molecule has 0 bridgehead atoms. The highest BCUT2D eigenvalue weighted by molar-refractivity contribution is 5.93. The molecule has 3 heteroatoms. The van der Waals surface area contributed by atoms with E-state index in [4.69, 9.17) is 0 Å². The second-order valence-electron chi connectivity index (χ2n) is 4.95. The first-order valence-corrected chi connectivity index (χ1v) is 6.77. The second kappa shape index (κ2) is 5.67. The number of carbonyl (C=O) groups excluding carboxylic acids is 1.